The monoisotopic (exact) mass is 342 g/mol. The van der Waals surface area contributed by atoms with E-state index in [0.717, 1.165) is 10.5 Å². The number of hydrogen-bond acceptors (Lipinski definition) is 2. The van der Waals surface area contributed by atoms with E-state index in [1.807, 2.05) is 36.8 Å². The summed E-state index contributed by atoms with van der Waals surface area (Å²) in [4.78, 5) is 25.0. The summed E-state index contributed by atoms with van der Waals surface area (Å²) in [5, 5.41) is 2.97. The van der Waals surface area contributed by atoms with E-state index < -0.39 is 15.9 Å². The maximum atomic E-state index is 11.8. The number of fused-ring (bicyclic) bond motifs is 1. The van der Waals surface area contributed by atoms with E-state index in [-0.39, 0.29) is 11.2 Å². The molecule has 0 atom stereocenters. The Morgan fingerprint density at radius 2 is 1.95 bits per heavy atom. The van der Waals surface area contributed by atoms with Gasteiger partial charge in [-0.2, -0.15) is 10.0 Å². The molecule has 3 N–H and O–H groups in total. The molecule has 1 aromatic rings. The zero-order valence-electron chi connectivity index (χ0n) is 10.7. The van der Waals surface area contributed by atoms with Gasteiger partial charge in [-0.3, -0.25) is 9.59 Å². The smallest absolute Gasteiger partial charge is 0.256 e. The van der Waals surface area contributed by atoms with Gasteiger partial charge in [-0.25, -0.2) is 0 Å². The molecule has 6 heteroatoms. The lowest BCUT2D eigenvalue weighted by Crippen LogP contribution is -2.26. The second-order valence-electron chi connectivity index (χ2n) is 4.57. The van der Waals surface area contributed by atoms with Crippen molar-refractivity contribution in [3.05, 3.63) is 34.7 Å². The summed E-state index contributed by atoms with van der Waals surface area (Å²) >= 11 is 3.10. The van der Waals surface area contributed by atoms with Crippen LogP contribution in [0.2, 0.25) is 0 Å². The molecular weight excluding hydrogens is 328 g/mol. The van der Waals surface area contributed by atoms with E-state index in [2.05, 4.69) is 21.2 Å². The van der Waals surface area contributed by atoms with E-state index >= 15 is 0 Å². The van der Waals surface area contributed by atoms with Crippen LogP contribution >= 0.6 is 26.0 Å². The Morgan fingerprint density at radius 3 is 2.53 bits per heavy atom. The van der Waals surface area contributed by atoms with E-state index in [0.29, 0.717) is 10.6 Å². The predicted molar refractivity (Wildman–Crippen MR) is 82.2 cm³/mol. The van der Waals surface area contributed by atoms with Crippen LogP contribution in [0.4, 0.5) is 0 Å². The van der Waals surface area contributed by atoms with Crippen molar-refractivity contribution in [1.82, 2.24) is 5.32 Å². The Morgan fingerprint density at radius 1 is 1.32 bits per heavy atom. The fourth-order valence-corrected chi connectivity index (χ4v) is 4.95. The van der Waals surface area contributed by atoms with Crippen molar-refractivity contribution in [2.45, 2.75) is 4.90 Å². The average Bonchev–Trinajstić information content (AvgIpc) is 2.58. The number of carbonyl (C=O) groups excluding carboxylic acids is 2. The summed E-state index contributed by atoms with van der Waals surface area (Å²) in [5.41, 5.74) is 6.98. The maximum absolute atomic E-state index is 11.8. The van der Waals surface area contributed by atoms with Crippen LogP contribution in [0.25, 0.3) is 5.70 Å². The van der Waals surface area contributed by atoms with E-state index in [9.17, 15) is 9.59 Å². The molecule has 1 heterocycles. The summed E-state index contributed by atoms with van der Waals surface area (Å²) in [7, 11) is -1.47. The molecular formula is C13H15BrN2O2S. The first-order valence-electron chi connectivity index (χ1n) is 5.62. The topological polar surface area (TPSA) is 72.2 Å². The fourth-order valence-electron chi connectivity index (χ4n) is 2.28. The molecule has 102 valence electrons. The maximum Gasteiger partial charge on any atom is 0.256 e. The summed E-state index contributed by atoms with van der Waals surface area (Å²) < 4.78 is 0. The van der Waals surface area contributed by atoms with Gasteiger partial charge in [0.2, 0.25) is 5.91 Å². The van der Waals surface area contributed by atoms with Crippen LogP contribution in [0.5, 0.6) is 0 Å². The first kappa shape index (κ1) is 14.1. The summed E-state index contributed by atoms with van der Waals surface area (Å²) in [6, 6.07) is 7.71. The number of primary amides is 1. The Kier molecular flexibility index (Phi) is 3.73. The number of alkyl halides is 1. The Bertz CT molecular complexity index is 596. The van der Waals surface area contributed by atoms with Crippen LogP contribution in [-0.4, -0.2) is 29.7 Å². The van der Waals surface area contributed by atoms with Crippen LogP contribution in [0, 0.1) is 0 Å². The molecule has 0 aromatic heterocycles. The van der Waals surface area contributed by atoms with Crippen molar-refractivity contribution in [3.63, 3.8) is 0 Å². The molecule has 4 nitrogen and oxygen atoms in total. The van der Waals surface area contributed by atoms with Gasteiger partial charge >= 0.3 is 0 Å². The highest BCUT2D eigenvalue weighted by atomic mass is 79.9. The predicted octanol–water partition coefficient (Wildman–Crippen LogP) is 1.79. The number of halogens is 1. The van der Waals surface area contributed by atoms with Crippen LogP contribution in [0.3, 0.4) is 0 Å². The largest absolute Gasteiger partial charge is 0.365 e. The minimum atomic E-state index is -1.47. The molecule has 1 aliphatic heterocycles. The van der Waals surface area contributed by atoms with Crippen LogP contribution < -0.4 is 11.1 Å². The second kappa shape index (κ2) is 5.02. The summed E-state index contributed by atoms with van der Waals surface area (Å²) in [6.07, 6.45) is 4.03. The van der Waals surface area contributed by atoms with Crippen molar-refractivity contribution in [2.24, 2.45) is 5.73 Å². The molecule has 0 bridgehead atoms. The number of amides is 2. The van der Waals surface area contributed by atoms with Crippen molar-refractivity contribution in [2.75, 3.05) is 17.8 Å². The first-order valence-corrected chi connectivity index (χ1v) is 9.19. The van der Waals surface area contributed by atoms with E-state index in [4.69, 9.17) is 5.73 Å². The summed E-state index contributed by atoms with van der Waals surface area (Å²) in [5.74, 6) is -0.665. The standard InChI is InChI=1S/C13H15BrN2O2S/c1-19(2)9-6-4-3-5-8(9)11(12(19)13(15)18)16-10(17)7-14/h3-6H,7H2,1-2H3,(H2,15,18)(H,16,17). The Labute approximate surface area is 121 Å². The van der Waals surface area contributed by atoms with Gasteiger partial charge in [0.1, 0.15) is 0 Å². The van der Waals surface area contributed by atoms with Gasteiger partial charge in [0.05, 0.1) is 15.9 Å². The first-order chi connectivity index (χ1) is 8.89. The number of carbonyl (C=O) groups is 2. The fraction of sp³-hybridized carbons (Fsp3) is 0.231. The highest BCUT2D eigenvalue weighted by molar-refractivity contribution is 9.09. The number of benzene rings is 1. The lowest BCUT2D eigenvalue weighted by atomic mass is 10.1. The highest BCUT2D eigenvalue weighted by Crippen LogP contribution is 2.64. The molecule has 0 aliphatic carbocycles. The van der Waals surface area contributed by atoms with Crippen molar-refractivity contribution >= 4 is 43.5 Å². The van der Waals surface area contributed by atoms with Crippen LogP contribution in [-0.2, 0) is 9.59 Å². The molecule has 0 spiro atoms. The molecule has 2 rings (SSSR count). The van der Waals surface area contributed by atoms with E-state index in [1.54, 1.807) is 0 Å². The molecule has 19 heavy (non-hydrogen) atoms. The SMILES string of the molecule is CS1(C)C(C(N)=O)=C(NC(=O)CBr)c2ccccc21. The lowest BCUT2D eigenvalue weighted by molar-refractivity contribution is -0.117. The lowest BCUT2D eigenvalue weighted by Gasteiger charge is -2.28. The highest BCUT2D eigenvalue weighted by Gasteiger charge is 2.37. The molecule has 0 saturated heterocycles. The molecule has 2 amide bonds. The molecule has 1 aromatic carbocycles. The zero-order valence-corrected chi connectivity index (χ0v) is 13.1. The summed E-state index contributed by atoms with van der Waals surface area (Å²) in [6.45, 7) is 0. The van der Waals surface area contributed by atoms with Crippen molar-refractivity contribution < 1.29 is 9.59 Å². The third-order valence-electron chi connectivity index (χ3n) is 3.05. The third kappa shape index (κ3) is 2.30. The molecule has 1 aliphatic rings. The number of hydrogen-bond donors (Lipinski definition) is 2. The van der Waals surface area contributed by atoms with Crippen molar-refractivity contribution in [3.8, 4) is 0 Å². The minimum absolute atomic E-state index is 0.181. The molecule has 0 unspecified atom stereocenters. The number of rotatable bonds is 3. The van der Waals surface area contributed by atoms with Crippen LogP contribution in [0.15, 0.2) is 34.1 Å². The Hall–Kier alpha value is -1.27. The van der Waals surface area contributed by atoms with Crippen molar-refractivity contribution in [1.29, 1.82) is 0 Å². The molecule has 0 saturated carbocycles. The van der Waals surface area contributed by atoms with Gasteiger partial charge in [0.15, 0.2) is 0 Å². The number of nitrogens with two attached hydrogens (primary N) is 1. The molecule has 0 fully saturated rings. The number of nitrogens with one attached hydrogen (secondary N) is 1. The van der Waals surface area contributed by atoms with Gasteiger partial charge in [0.25, 0.3) is 5.91 Å². The van der Waals surface area contributed by atoms with Crippen LogP contribution in [0.1, 0.15) is 5.56 Å². The van der Waals surface area contributed by atoms with E-state index in [1.165, 1.54) is 0 Å². The van der Waals surface area contributed by atoms with Gasteiger partial charge in [-0.15, -0.1) is 0 Å². The zero-order chi connectivity index (χ0) is 14.2. The Balaban J connectivity index is 2.64. The third-order valence-corrected chi connectivity index (χ3v) is 6.44. The van der Waals surface area contributed by atoms with Gasteiger partial charge in [-0.1, -0.05) is 34.1 Å². The quantitative estimate of drug-likeness (QED) is 0.822. The van der Waals surface area contributed by atoms with Gasteiger partial charge in [0, 0.05) is 10.5 Å². The normalized spacial score (nSPS) is 17.8. The average molecular weight is 343 g/mol. The second-order valence-corrected chi connectivity index (χ2v) is 8.64. The molecule has 0 radical (unpaired) electrons. The van der Waals surface area contributed by atoms with Gasteiger partial charge < -0.3 is 11.1 Å². The van der Waals surface area contributed by atoms with Gasteiger partial charge in [-0.05, 0) is 18.6 Å². The minimum Gasteiger partial charge on any atom is -0.365 e.